The van der Waals surface area contributed by atoms with Crippen molar-refractivity contribution in [1.29, 1.82) is 0 Å². The second-order valence-corrected chi connectivity index (χ2v) is 5.15. The molecule has 2 N–H and O–H groups in total. The summed E-state index contributed by atoms with van der Waals surface area (Å²) >= 11 is 0. The fourth-order valence-corrected chi connectivity index (χ4v) is 2.63. The van der Waals surface area contributed by atoms with Gasteiger partial charge in [0.15, 0.2) is 0 Å². The van der Waals surface area contributed by atoms with Crippen LogP contribution in [0.4, 0.5) is 13.2 Å². The van der Waals surface area contributed by atoms with E-state index in [0.29, 0.717) is 6.42 Å². The molecule has 0 saturated heterocycles. The van der Waals surface area contributed by atoms with Crippen molar-refractivity contribution in [1.82, 2.24) is 0 Å². The Balaban J connectivity index is 2.48. The van der Waals surface area contributed by atoms with Gasteiger partial charge in [0.2, 0.25) is 0 Å². The molecule has 1 rings (SSSR count). The fourth-order valence-electron chi connectivity index (χ4n) is 2.63. The maximum Gasteiger partial charge on any atom is 0.391 e. The number of nitrogens with two attached hydrogens (primary N) is 1. The van der Waals surface area contributed by atoms with Gasteiger partial charge in [-0.15, -0.1) is 0 Å². The minimum atomic E-state index is -4.06. The summed E-state index contributed by atoms with van der Waals surface area (Å²) < 4.78 is 37.9. The molecular weight excluding hydrogens is 215 g/mol. The normalized spacial score (nSPS) is 31.7. The number of halogens is 3. The molecule has 0 spiro atoms. The summed E-state index contributed by atoms with van der Waals surface area (Å²) in [5.74, 6) is -1.17. The number of hydrogen-bond acceptors (Lipinski definition) is 1. The van der Waals surface area contributed by atoms with Crippen LogP contribution in [0, 0.1) is 5.92 Å². The van der Waals surface area contributed by atoms with Gasteiger partial charge in [-0.25, -0.2) is 0 Å². The first-order valence-electron chi connectivity index (χ1n) is 6.23. The van der Waals surface area contributed by atoms with Gasteiger partial charge in [-0.05, 0) is 25.7 Å². The lowest BCUT2D eigenvalue weighted by Gasteiger charge is -2.38. The minimum absolute atomic E-state index is 0.125. The summed E-state index contributed by atoms with van der Waals surface area (Å²) in [4.78, 5) is 0. The zero-order valence-corrected chi connectivity index (χ0v) is 9.95. The molecule has 1 aliphatic carbocycles. The highest BCUT2D eigenvalue weighted by molar-refractivity contribution is 4.92. The Bertz CT molecular complexity index is 215. The third-order valence-corrected chi connectivity index (χ3v) is 3.62. The summed E-state index contributed by atoms with van der Waals surface area (Å²) in [5.41, 5.74) is 5.53. The number of unbranched alkanes of at least 4 members (excludes halogenated alkanes) is 2. The summed E-state index contributed by atoms with van der Waals surface area (Å²) in [6.45, 7) is 2.09. The first-order chi connectivity index (χ1) is 7.37. The van der Waals surface area contributed by atoms with Crippen molar-refractivity contribution in [2.75, 3.05) is 0 Å². The Morgan fingerprint density at radius 3 is 2.56 bits per heavy atom. The Morgan fingerprint density at radius 1 is 1.31 bits per heavy atom. The molecule has 1 aliphatic rings. The maximum absolute atomic E-state index is 12.6. The number of rotatable bonds is 4. The van der Waals surface area contributed by atoms with E-state index in [2.05, 4.69) is 6.92 Å². The highest BCUT2D eigenvalue weighted by atomic mass is 19.4. The molecular formula is C12H22F3N. The van der Waals surface area contributed by atoms with E-state index >= 15 is 0 Å². The fraction of sp³-hybridized carbons (Fsp3) is 1.00. The van der Waals surface area contributed by atoms with E-state index in [1.165, 1.54) is 0 Å². The molecule has 1 fully saturated rings. The molecule has 0 radical (unpaired) electrons. The highest BCUT2D eigenvalue weighted by Crippen LogP contribution is 2.42. The molecule has 96 valence electrons. The third-order valence-electron chi connectivity index (χ3n) is 3.62. The molecule has 2 atom stereocenters. The average molecular weight is 237 g/mol. The SMILES string of the molecule is CCCCCC1(N)CCCC(C(F)(F)F)C1. The van der Waals surface area contributed by atoms with Crippen LogP contribution < -0.4 is 5.73 Å². The van der Waals surface area contributed by atoms with E-state index in [4.69, 9.17) is 5.73 Å². The van der Waals surface area contributed by atoms with Crippen LogP contribution in [0.15, 0.2) is 0 Å². The van der Waals surface area contributed by atoms with E-state index in [1.807, 2.05) is 0 Å². The van der Waals surface area contributed by atoms with Gasteiger partial charge < -0.3 is 5.73 Å². The summed E-state index contributed by atoms with van der Waals surface area (Å²) in [5, 5.41) is 0. The molecule has 0 heterocycles. The predicted octanol–water partition coefficient (Wildman–Crippen LogP) is 4.02. The highest BCUT2D eigenvalue weighted by Gasteiger charge is 2.45. The Kier molecular flexibility index (Phi) is 4.65. The lowest BCUT2D eigenvalue weighted by molar-refractivity contribution is -0.187. The smallest absolute Gasteiger partial charge is 0.325 e. The van der Waals surface area contributed by atoms with Gasteiger partial charge in [-0.1, -0.05) is 32.6 Å². The molecule has 0 aromatic carbocycles. The second kappa shape index (κ2) is 5.39. The van der Waals surface area contributed by atoms with Gasteiger partial charge in [0.1, 0.15) is 0 Å². The van der Waals surface area contributed by atoms with Crippen LogP contribution in [0.25, 0.3) is 0 Å². The van der Waals surface area contributed by atoms with Crippen LogP contribution in [0.3, 0.4) is 0 Å². The molecule has 0 bridgehead atoms. The lowest BCUT2D eigenvalue weighted by Crippen LogP contribution is -2.47. The Labute approximate surface area is 95.6 Å². The number of hydrogen-bond donors (Lipinski definition) is 1. The van der Waals surface area contributed by atoms with Gasteiger partial charge in [-0.2, -0.15) is 13.2 Å². The average Bonchev–Trinajstić information content (AvgIpc) is 2.16. The zero-order chi connectivity index (χ0) is 12.2. The molecule has 0 aromatic rings. The van der Waals surface area contributed by atoms with E-state index in [9.17, 15) is 13.2 Å². The summed E-state index contributed by atoms with van der Waals surface area (Å²) in [6, 6.07) is 0. The first-order valence-corrected chi connectivity index (χ1v) is 6.23. The Hall–Kier alpha value is -0.250. The van der Waals surface area contributed by atoms with Crippen LogP contribution in [0.1, 0.15) is 58.3 Å². The molecule has 1 saturated carbocycles. The first kappa shape index (κ1) is 13.8. The van der Waals surface area contributed by atoms with Crippen molar-refractivity contribution < 1.29 is 13.2 Å². The second-order valence-electron chi connectivity index (χ2n) is 5.15. The van der Waals surface area contributed by atoms with Gasteiger partial charge in [0.25, 0.3) is 0 Å². The molecule has 2 unspecified atom stereocenters. The molecule has 4 heteroatoms. The van der Waals surface area contributed by atoms with Gasteiger partial charge in [0.05, 0.1) is 5.92 Å². The molecule has 0 aromatic heterocycles. The minimum Gasteiger partial charge on any atom is -0.325 e. The lowest BCUT2D eigenvalue weighted by atomic mass is 9.73. The van der Waals surface area contributed by atoms with Crippen LogP contribution in [0.5, 0.6) is 0 Å². The largest absolute Gasteiger partial charge is 0.391 e. The molecule has 16 heavy (non-hydrogen) atoms. The predicted molar refractivity (Wildman–Crippen MR) is 59.1 cm³/mol. The molecule has 0 aliphatic heterocycles. The van der Waals surface area contributed by atoms with E-state index < -0.39 is 17.6 Å². The van der Waals surface area contributed by atoms with Crippen molar-refractivity contribution in [3.05, 3.63) is 0 Å². The third kappa shape index (κ3) is 3.96. The van der Waals surface area contributed by atoms with Crippen LogP contribution in [0.2, 0.25) is 0 Å². The topological polar surface area (TPSA) is 26.0 Å². The maximum atomic E-state index is 12.6. The Morgan fingerprint density at radius 2 is 2.00 bits per heavy atom. The van der Waals surface area contributed by atoms with Crippen molar-refractivity contribution in [2.24, 2.45) is 11.7 Å². The summed E-state index contributed by atoms with van der Waals surface area (Å²) in [6.07, 6.45) is 1.54. The number of alkyl halides is 3. The van der Waals surface area contributed by atoms with Crippen molar-refractivity contribution >= 4 is 0 Å². The monoisotopic (exact) mass is 237 g/mol. The van der Waals surface area contributed by atoms with Crippen molar-refractivity contribution in [3.8, 4) is 0 Å². The van der Waals surface area contributed by atoms with Crippen LogP contribution >= 0.6 is 0 Å². The zero-order valence-electron chi connectivity index (χ0n) is 9.95. The van der Waals surface area contributed by atoms with Crippen LogP contribution in [-0.2, 0) is 0 Å². The van der Waals surface area contributed by atoms with E-state index in [0.717, 1.165) is 32.1 Å². The standard InChI is InChI=1S/C12H22F3N/c1-2-3-4-7-11(16)8-5-6-10(9-11)12(13,14)15/h10H,2-9,16H2,1H3. The molecule has 0 amide bonds. The van der Waals surface area contributed by atoms with Gasteiger partial charge in [-0.3, -0.25) is 0 Å². The quantitative estimate of drug-likeness (QED) is 0.734. The van der Waals surface area contributed by atoms with Gasteiger partial charge >= 0.3 is 6.18 Å². The summed E-state index contributed by atoms with van der Waals surface area (Å²) in [7, 11) is 0. The van der Waals surface area contributed by atoms with Crippen molar-refractivity contribution in [2.45, 2.75) is 70.0 Å². The van der Waals surface area contributed by atoms with E-state index in [-0.39, 0.29) is 12.8 Å². The van der Waals surface area contributed by atoms with Crippen molar-refractivity contribution in [3.63, 3.8) is 0 Å². The van der Waals surface area contributed by atoms with Gasteiger partial charge in [0, 0.05) is 5.54 Å². The van der Waals surface area contributed by atoms with Crippen LogP contribution in [-0.4, -0.2) is 11.7 Å². The van der Waals surface area contributed by atoms with E-state index in [1.54, 1.807) is 0 Å². The molecule has 1 nitrogen and oxygen atoms in total.